The Morgan fingerprint density at radius 3 is 2.83 bits per heavy atom. The zero-order valence-electron chi connectivity index (χ0n) is 9.76. The molecule has 1 aromatic rings. The summed E-state index contributed by atoms with van der Waals surface area (Å²) >= 11 is 0. The molecule has 0 aromatic carbocycles. The molecule has 1 aliphatic rings. The topological polar surface area (TPSA) is 108 Å². The summed E-state index contributed by atoms with van der Waals surface area (Å²) in [4.78, 5) is 24.3. The molecule has 2 rings (SSSR count). The molecule has 98 valence electrons. The van der Waals surface area contributed by atoms with Crippen LogP contribution in [0.25, 0.3) is 0 Å². The molecule has 7 heteroatoms. The van der Waals surface area contributed by atoms with E-state index in [0.29, 0.717) is 6.42 Å². The van der Waals surface area contributed by atoms with Crippen LogP contribution in [0.3, 0.4) is 0 Å². The van der Waals surface area contributed by atoms with Crippen LogP contribution in [-0.2, 0) is 0 Å². The lowest BCUT2D eigenvalue weighted by Crippen LogP contribution is -2.45. The van der Waals surface area contributed by atoms with Crippen LogP contribution in [0.5, 0.6) is 0 Å². The van der Waals surface area contributed by atoms with Crippen molar-refractivity contribution in [3.63, 3.8) is 0 Å². The van der Waals surface area contributed by atoms with Crippen LogP contribution in [-0.4, -0.2) is 33.1 Å². The minimum absolute atomic E-state index is 0.138. The number of aliphatic hydroxyl groups excluding tert-OH is 1. The predicted molar refractivity (Wildman–Crippen MR) is 63.2 cm³/mol. The van der Waals surface area contributed by atoms with E-state index in [-0.39, 0.29) is 17.4 Å². The van der Waals surface area contributed by atoms with Crippen molar-refractivity contribution in [1.82, 2.24) is 10.3 Å². The molecule has 1 saturated carbocycles. The molecule has 0 saturated heterocycles. The van der Waals surface area contributed by atoms with Gasteiger partial charge in [-0.15, -0.1) is 0 Å². The predicted octanol–water partition coefficient (Wildman–Crippen LogP) is 0.956. The number of carbonyl (C=O) groups excluding carboxylic acids is 1. The lowest BCUT2D eigenvalue weighted by molar-refractivity contribution is -0.384. The number of aromatic amines is 1. The molecule has 2 unspecified atom stereocenters. The molecule has 0 spiro atoms. The van der Waals surface area contributed by atoms with Crippen LogP contribution in [0.2, 0.25) is 0 Å². The first kappa shape index (κ1) is 12.6. The molecule has 1 heterocycles. The van der Waals surface area contributed by atoms with Crippen LogP contribution < -0.4 is 5.32 Å². The zero-order valence-corrected chi connectivity index (χ0v) is 9.76. The van der Waals surface area contributed by atoms with Crippen molar-refractivity contribution in [2.75, 3.05) is 0 Å². The molecule has 1 aromatic heterocycles. The Kier molecular flexibility index (Phi) is 3.61. The second kappa shape index (κ2) is 5.18. The van der Waals surface area contributed by atoms with Gasteiger partial charge in [-0.1, -0.05) is 12.8 Å². The van der Waals surface area contributed by atoms with Crippen molar-refractivity contribution in [2.24, 2.45) is 0 Å². The minimum Gasteiger partial charge on any atom is -0.391 e. The lowest BCUT2D eigenvalue weighted by Gasteiger charge is -2.28. The van der Waals surface area contributed by atoms with Crippen molar-refractivity contribution < 1.29 is 14.8 Å². The molecule has 1 amide bonds. The van der Waals surface area contributed by atoms with E-state index < -0.39 is 16.9 Å². The monoisotopic (exact) mass is 253 g/mol. The fourth-order valence-corrected chi connectivity index (χ4v) is 2.15. The van der Waals surface area contributed by atoms with E-state index in [2.05, 4.69) is 10.3 Å². The molecule has 1 aliphatic carbocycles. The highest BCUT2D eigenvalue weighted by atomic mass is 16.6. The van der Waals surface area contributed by atoms with Gasteiger partial charge < -0.3 is 15.4 Å². The van der Waals surface area contributed by atoms with Gasteiger partial charge in [0.25, 0.3) is 11.6 Å². The van der Waals surface area contributed by atoms with Gasteiger partial charge in [-0.2, -0.15) is 0 Å². The third-order valence-electron chi connectivity index (χ3n) is 3.17. The smallest absolute Gasteiger partial charge is 0.287 e. The van der Waals surface area contributed by atoms with Gasteiger partial charge in [-0.05, 0) is 12.8 Å². The summed E-state index contributed by atoms with van der Waals surface area (Å²) in [6, 6.07) is 0.915. The molecule has 7 nitrogen and oxygen atoms in total. The number of rotatable bonds is 3. The first-order valence-corrected chi connectivity index (χ1v) is 5.89. The standard InChI is InChI=1S/C11H15N3O4/c15-10-4-2-1-3-8(10)13-11(16)9-5-7(6-12-9)14(17)18/h5-6,8,10,12,15H,1-4H2,(H,13,16). The second-order valence-corrected chi connectivity index (χ2v) is 4.46. The van der Waals surface area contributed by atoms with Gasteiger partial charge in [0, 0.05) is 6.07 Å². The van der Waals surface area contributed by atoms with Gasteiger partial charge in [-0.3, -0.25) is 14.9 Å². The molecule has 0 radical (unpaired) electrons. The van der Waals surface area contributed by atoms with E-state index in [0.717, 1.165) is 19.3 Å². The fourth-order valence-electron chi connectivity index (χ4n) is 2.15. The van der Waals surface area contributed by atoms with Crippen LogP contribution in [0.15, 0.2) is 12.3 Å². The number of nitrogens with zero attached hydrogens (tertiary/aromatic N) is 1. The van der Waals surface area contributed by atoms with E-state index >= 15 is 0 Å². The van der Waals surface area contributed by atoms with Gasteiger partial charge in [0.15, 0.2) is 0 Å². The lowest BCUT2D eigenvalue weighted by atomic mass is 9.92. The number of amides is 1. The van der Waals surface area contributed by atoms with Gasteiger partial charge in [0.2, 0.25) is 0 Å². The Labute approximate surface area is 103 Å². The minimum atomic E-state index is -0.567. The summed E-state index contributed by atoms with van der Waals surface area (Å²) in [5.74, 6) is -0.422. The molecule has 0 bridgehead atoms. The highest BCUT2D eigenvalue weighted by Crippen LogP contribution is 2.19. The highest BCUT2D eigenvalue weighted by molar-refractivity contribution is 5.93. The number of hydrogen-bond acceptors (Lipinski definition) is 4. The molecule has 2 atom stereocenters. The number of carbonyl (C=O) groups is 1. The number of aliphatic hydroxyl groups is 1. The maximum atomic E-state index is 11.8. The average Bonchev–Trinajstić information content (AvgIpc) is 2.81. The molecular weight excluding hydrogens is 238 g/mol. The van der Waals surface area contributed by atoms with Crippen LogP contribution >= 0.6 is 0 Å². The summed E-state index contributed by atoms with van der Waals surface area (Å²) in [5, 5.41) is 22.9. The Morgan fingerprint density at radius 1 is 1.50 bits per heavy atom. The number of H-pyrrole nitrogens is 1. The summed E-state index contributed by atoms with van der Waals surface area (Å²) in [7, 11) is 0. The molecule has 18 heavy (non-hydrogen) atoms. The first-order valence-electron chi connectivity index (χ1n) is 5.89. The van der Waals surface area contributed by atoms with Gasteiger partial charge in [0.05, 0.1) is 23.3 Å². The number of nitrogens with one attached hydrogen (secondary N) is 2. The van der Waals surface area contributed by atoms with E-state index in [9.17, 15) is 20.0 Å². The maximum absolute atomic E-state index is 11.8. The van der Waals surface area contributed by atoms with E-state index in [1.54, 1.807) is 0 Å². The van der Waals surface area contributed by atoms with Crippen molar-refractivity contribution in [3.8, 4) is 0 Å². The van der Waals surface area contributed by atoms with Gasteiger partial charge in [-0.25, -0.2) is 0 Å². The normalized spacial score (nSPS) is 23.6. The Balaban J connectivity index is 2.00. The van der Waals surface area contributed by atoms with E-state index in [1.165, 1.54) is 12.3 Å². The summed E-state index contributed by atoms with van der Waals surface area (Å²) in [6.45, 7) is 0. The van der Waals surface area contributed by atoms with Crippen molar-refractivity contribution in [2.45, 2.75) is 37.8 Å². The summed E-state index contributed by atoms with van der Waals surface area (Å²) in [6.07, 6.45) is 3.97. The molecule has 1 fully saturated rings. The first-order chi connectivity index (χ1) is 8.58. The van der Waals surface area contributed by atoms with Crippen molar-refractivity contribution >= 4 is 11.6 Å². The zero-order chi connectivity index (χ0) is 13.1. The van der Waals surface area contributed by atoms with Crippen LogP contribution in [0, 0.1) is 10.1 Å². The summed E-state index contributed by atoms with van der Waals surface area (Å²) < 4.78 is 0. The van der Waals surface area contributed by atoms with E-state index in [1.807, 2.05) is 0 Å². The summed E-state index contributed by atoms with van der Waals surface area (Å²) in [5.41, 5.74) is -0.0104. The third kappa shape index (κ3) is 2.67. The van der Waals surface area contributed by atoms with Gasteiger partial charge >= 0.3 is 0 Å². The Hall–Kier alpha value is -1.89. The van der Waals surface area contributed by atoms with Crippen molar-refractivity contribution in [1.29, 1.82) is 0 Å². The average molecular weight is 253 g/mol. The maximum Gasteiger partial charge on any atom is 0.287 e. The number of nitro groups is 1. The molecule has 0 aliphatic heterocycles. The Bertz CT molecular complexity index is 457. The van der Waals surface area contributed by atoms with E-state index in [4.69, 9.17) is 0 Å². The third-order valence-corrected chi connectivity index (χ3v) is 3.17. The van der Waals surface area contributed by atoms with Crippen LogP contribution in [0.4, 0.5) is 5.69 Å². The SMILES string of the molecule is O=C(NC1CCCCC1O)c1cc([N+](=O)[O-])c[nH]1. The number of hydrogen-bond donors (Lipinski definition) is 3. The Morgan fingerprint density at radius 2 is 2.22 bits per heavy atom. The quantitative estimate of drug-likeness (QED) is 0.550. The number of aromatic nitrogens is 1. The fraction of sp³-hybridized carbons (Fsp3) is 0.545. The second-order valence-electron chi connectivity index (χ2n) is 4.46. The van der Waals surface area contributed by atoms with Crippen LogP contribution in [0.1, 0.15) is 36.2 Å². The largest absolute Gasteiger partial charge is 0.391 e. The molecular formula is C11H15N3O4. The van der Waals surface area contributed by atoms with Crippen molar-refractivity contribution in [3.05, 3.63) is 28.1 Å². The molecule has 3 N–H and O–H groups in total. The highest BCUT2D eigenvalue weighted by Gasteiger charge is 2.25. The van der Waals surface area contributed by atoms with Gasteiger partial charge in [0.1, 0.15) is 5.69 Å².